The van der Waals surface area contributed by atoms with Gasteiger partial charge in [0, 0.05) is 24.5 Å². The molecular weight excluding hydrogens is 150 g/mol. The number of nitrogens with zero attached hydrogens (tertiary/aromatic N) is 1. The second-order valence-electron chi connectivity index (χ2n) is 4.62. The Kier molecular flexibility index (Phi) is 2.13. The highest BCUT2D eigenvalue weighted by molar-refractivity contribution is 4.97. The first-order valence-electron chi connectivity index (χ1n) is 5.04. The Hall–Kier alpha value is -0.0800. The summed E-state index contributed by atoms with van der Waals surface area (Å²) < 4.78 is 5.61. The molecule has 12 heavy (non-hydrogen) atoms. The molecule has 70 valence electrons. The van der Waals surface area contributed by atoms with Gasteiger partial charge < -0.3 is 4.74 Å². The first-order chi connectivity index (χ1) is 5.72. The molecule has 0 bridgehead atoms. The normalized spacial score (nSPS) is 29.2. The molecule has 2 heteroatoms. The SMILES string of the molecule is CC(C)N1CCOCC2(CC2)C1. The largest absolute Gasteiger partial charge is 0.379 e. The van der Waals surface area contributed by atoms with Gasteiger partial charge in [-0.3, -0.25) is 4.90 Å². The highest BCUT2D eigenvalue weighted by atomic mass is 16.5. The molecule has 2 aliphatic rings. The molecule has 0 aromatic rings. The predicted octanol–water partition coefficient (Wildman–Crippen LogP) is 1.51. The summed E-state index contributed by atoms with van der Waals surface area (Å²) in [4.78, 5) is 2.56. The zero-order chi connectivity index (χ0) is 8.60. The summed E-state index contributed by atoms with van der Waals surface area (Å²) >= 11 is 0. The minimum Gasteiger partial charge on any atom is -0.379 e. The van der Waals surface area contributed by atoms with Crippen LogP contribution in [0, 0.1) is 5.41 Å². The number of ether oxygens (including phenoxy) is 1. The number of rotatable bonds is 1. The van der Waals surface area contributed by atoms with E-state index in [4.69, 9.17) is 4.74 Å². The van der Waals surface area contributed by atoms with Crippen molar-refractivity contribution in [2.75, 3.05) is 26.3 Å². The molecule has 1 aliphatic heterocycles. The Labute approximate surface area is 74.9 Å². The molecule has 1 aliphatic carbocycles. The third kappa shape index (κ3) is 1.64. The fourth-order valence-electron chi connectivity index (χ4n) is 1.95. The summed E-state index contributed by atoms with van der Waals surface area (Å²) in [6.45, 7) is 8.89. The van der Waals surface area contributed by atoms with Crippen LogP contribution in [0.2, 0.25) is 0 Å². The standard InChI is InChI=1S/C10H19NO/c1-9(2)11-5-6-12-8-10(7-11)3-4-10/h9H,3-8H2,1-2H3. The lowest BCUT2D eigenvalue weighted by Gasteiger charge is -2.26. The highest BCUT2D eigenvalue weighted by Gasteiger charge is 2.45. The van der Waals surface area contributed by atoms with Gasteiger partial charge >= 0.3 is 0 Å². The average molecular weight is 169 g/mol. The van der Waals surface area contributed by atoms with Gasteiger partial charge in [-0.1, -0.05) is 0 Å². The molecule has 0 aromatic carbocycles. The van der Waals surface area contributed by atoms with Crippen LogP contribution in [0.4, 0.5) is 0 Å². The molecule has 2 rings (SSSR count). The van der Waals surface area contributed by atoms with E-state index in [1.165, 1.54) is 19.4 Å². The van der Waals surface area contributed by atoms with Crippen molar-refractivity contribution in [3.8, 4) is 0 Å². The topological polar surface area (TPSA) is 12.5 Å². The minimum atomic E-state index is 0.570. The zero-order valence-corrected chi connectivity index (χ0v) is 8.18. The highest BCUT2D eigenvalue weighted by Crippen LogP contribution is 2.47. The summed E-state index contributed by atoms with van der Waals surface area (Å²) in [5.74, 6) is 0. The first kappa shape index (κ1) is 8.52. The smallest absolute Gasteiger partial charge is 0.0593 e. The van der Waals surface area contributed by atoms with Crippen LogP contribution in [0.25, 0.3) is 0 Å². The Balaban J connectivity index is 1.97. The summed E-state index contributed by atoms with van der Waals surface area (Å²) in [6.07, 6.45) is 2.77. The molecule has 0 atom stereocenters. The van der Waals surface area contributed by atoms with Crippen LogP contribution in [-0.2, 0) is 4.74 Å². The monoisotopic (exact) mass is 169 g/mol. The van der Waals surface area contributed by atoms with Gasteiger partial charge in [-0.25, -0.2) is 0 Å². The number of hydrogen-bond acceptors (Lipinski definition) is 2. The summed E-state index contributed by atoms with van der Waals surface area (Å²) in [6, 6.07) is 0.684. The maximum atomic E-state index is 5.61. The fraction of sp³-hybridized carbons (Fsp3) is 1.00. The van der Waals surface area contributed by atoms with E-state index >= 15 is 0 Å². The van der Waals surface area contributed by atoms with E-state index in [0.29, 0.717) is 11.5 Å². The molecule has 1 saturated carbocycles. The second-order valence-corrected chi connectivity index (χ2v) is 4.62. The molecule has 2 fully saturated rings. The quantitative estimate of drug-likeness (QED) is 0.590. The van der Waals surface area contributed by atoms with Crippen molar-refractivity contribution in [3.05, 3.63) is 0 Å². The van der Waals surface area contributed by atoms with Crippen LogP contribution in [0.3, 0.4) is 0 Å². The molecule has 0 aromatic heterocycles. The van der Waals surface area contributed by atoms with Crippen LogP contribution in [0.5, 0.6) is 0 Å². The lowest BCUT2D eigenvalue weighted by molar-refractivity contribution is 0.114. The maximum Gasteiger partial charge on any atom is 0.0593 e. The fourth-order valence-corrected chi connectivity index (χ4v) is 1.95. The van der Waals surface area contributed by atoms with Crippen LogP contribution in [0.15, 0.2) is 0 Å². The first-order valence-corrected chi connectivity index (χ1v) is 5.04. The predicted molar refractivity (Wildman–Crippen MR) is 49.2 cm³/mol. The van der Waals surface area contributed by atoms with Crippen LogP contribution >= 0.6 is 0 Å². The van der Waals surface area contributed by atoms with Crippen molar-refractivity contribution in [3.63, 3.8) is 0 Å². The van der Waals surface area contributed by atoms with E-state index in [1.54, 1.807) is 0 Å². The Morgan fingerprint density at radius 1 is 1.33 bits per heavy atom. The van der Waals surface area contributed by atoms with E-state index in [-0.39, 0.29) is 0 Å². The summed E-state index contributed by atoms with van der Waals surface area (Å²) in [5, 5.41) is 0. The van der Waals surface area contributed by atoms with Crippen LogP contribution in [0.1, 0.15) is 26.7 Å². The molecule has 0 unspecified atom stereocenters. The summed E-state index contributed by atoms with van der Waals surface area (Å²) in [7, 11) is 0. The average Bonchev–Trinajstić information content (AvgIpc) is 2.80. The van der Waals surface area contributed by atoms with Gasteiger partial charge in [0.1, 0.15) is 0 Å². The molecule has 1 saturated heterocycles. The van der Waals surface area contributed by atoms with Crippen molar-refractivity contribution in [2.24, 2.45) is 5.41 Å². The lowest BCUT2D eigenvalue weighted by Crippen LogP contribution is -2.36. The van der Waals surface area contributed by atoms with Gasteiger partial charge in [-0.15, -0.1) is 0 Å². The summed E-state index contributed by atoms with van der Waals surface area (Å²) in [5.41, 5.74) is 0.570. The minimum absolute atomic E-state index is 0.570. The van der Waals surface area contributed by atoms with Crippen molar-refractivity contribution in [1.29, 1.82) is 0 Å². The molecule has 0 radical (unpaired) electrons. The van der Waals surface area contributed by atoms with E-state index in [9.17, 15) is 0 Å². The zero-order valence-electron chi connectivity index (χ0n) is 8.18. The molecule has 0 amide bonds. The van der Waals surface area contributed by atoms with Gasteiger partial charge in [0.05, 0.1) is 13.2 Å². The third-order valence-corrected chi connectivity index (χ3v) is 3.16. The Morgan fingerprint density at radius 2 is 2.08 bits per heavy atom. The van der Waals surface area contributed by atoms with E-state index in [0.717, 1.165) is 19.8 Å². The van der Waals surface area contributed by atoms with Crippen molar-refractivity contribution in [2.45, 2.75) is 32.7 Å². The van der Waals surface area contributed by atoms with Crippen molar-refractivity contribution in [1.82, 2.24) is 4.90 Å². The van der Waals surface area contributed by atoms with E-state index < -0.39 is 0 Å². The van der Waals surface area contributed by atoms with Gasteiger partial charge in [0.25, 0.3) is 0 Å². The van der Waals surface area contributed by atoms with E-state index in [2.05, 4.69) is 18.7 Å². The number of hydrogen-bond donors (Lipinski definition) is 0. The second kappa shape index (κ2) is 3.00. The van der Waals surface area contributed by atoms with Gasteiger partial charge in [0.2, 0.25) is 0 Å². The molecular formula is C10H19NO. The van der Waals surface area contributed by atoms with Crippen LogP contribution in [-0.4, -0.2) is 37.2 Å². The van der Waals surface area contributed by atoms with Crippen LogP contribution < -0.4 is 0 Å². The molecule has 2 nitrogen and oxygen atoms in total. The van der Waals surface area contributed by atoms with E-state index in [1.807, 2.05) is 0 Å². The van der Waals surface area contributed by atoms with Gasteiger partial charge in [-0.05, 0) is 26.7 Å². The maximum absolute atomic E-state index is 5.61. The molecule has 1 spiro atoms. The van der Waals surface area contributed by atoms with Crippen molar-refractivity contribution < 1.29 is 4.74 Å². The van der Waals surface area contributed by atoms with Gasteiger partial charge in [-0.2, -0.15) is 0 Å². The van der Waals surface area contributed by atoms with Crippen molar-refractivity contribution >= 4 is 0 Å². The third-order valence-electron chi connectivity index (χ3n) is 3.16. The molecule has 0 N–H and O–H groups in total. The van der Waals surface area contributed by atoms with Gasteiger partial charge in [0.15, 0.2) is 0 Å². The molecule has 1 heterocycles. The lowest BCUT2D eigenvalue weighted by atomic mass is 10.1. The Bertz CT molecular complexity index is 163. The Morgan fingerprint density at radius 3 is 2.67 bits per heavy atom.